The van der Waals surface area contributed by atoms with Crippen molar-refractivity contribution in [1.29, 1.82) is 0 Å². The first kappa shape index (κ1) is 19.1. The van der Waals surface area contributed by atoms with Gasteiger partial charge in [0.25, 0.3) is 0 Å². The molecular formula is C20H23N3O3S. The van der Waals surface area contributed by atoms with Crippen molar-refractivity contribution in [2.45, 2.75) is 32.7 Å². The van der Waals surface area contributed by atoms with Crippen molar-refractivity contribution >= 4 is 27.3 Å². The Balaban J connectivity index is 1.95. The highest BCUT2D eigenvalue weighted by molar-refractivity contribution is 7.92. The summed E-state index contributed by atoms with van der Waals surface area (Å²) in [5, 5.41) is 6.13. The second-order valence-electron chi connectivity index (χ2n) is 6.73. The summed E-state index contributed by atoms with van der Waals surface area (Å²) in [7, 11) is -3.36. The largest absolute Gasteiger partial charge is 0.284 e. The Morgan fingerprint density at radius 2 is 1.96 bits per heavy atom. The van der Waals surface area contributed by atoms with E-state index in [1.54, 1.807) is 23.2 Å². The Kier molecular flexibility index (Phi) is 5.32. The molecule has 6 nitrogen and oxygen atoms in total. The molecule has 1 unspecified atom stereocenters. The van der Waals surface area contributed by atoms with Crippen molar-refractivity contribution in [3.8, 4) is 0 Å². The Morgan fingerprint density at radius 1 is 1.22 bits per heavy atom. The number of carbonyl (C=O) groups excluding carboxylic acids is 1. The van der Waals surface area contributed by atoms with Gasteiger partial charge in [-0.05, 0) is 30.2 Å². The average Bonchev–Trinajstić information content (AvgIpc) is 3.05. The molecule has 142 valence electrons. The Labute approximate surface area is 159 Å². The number of anilines is 1. The summed E-state index contributed by atoms with van der Waals surface area (Å²) in [6.45, 7) is 3.84. The minimum Gasteiger partial charge on any atom is -0.284 e. The van der Waals surface area contributed by atoms with Crippen LogP contribution in [0.2, 0.25) is 0 Å². The summed E-state index contributed by atoms with van der Waals surface area (Å²) in [5.74, 6) is -0.0399. The molecule has 27 heavy (non-hydrogen) atoms. The van der Waals surface area contributed by atoms with Crippen LogP contribution in [0.4, 0.5) is 5.69 Å². The van der Waals surface area contributed by atoms with Crippen LogP contribution in [0.5, 0.6) is 0 Å². The summed E-state index contributed by atoms with van der Waals surface area (Å²) in [5.41, 5.74) is 4.21. The maximum Gasteiger partial charge on any atom is 0.242 e. The number of carbonyl (C=O) groups is 1. The minimum atomic E-state index is -3.36. The third-order valence-corrected chi connectivity index (χ3v) is 5.00. The molecule has 1 aliphatic heterocycles. The highest BCUT2D eigenvalue weighted by Gasteiger charge is 2.32. The normalized spacial score (nSPS) is 16.9. The number of hydrazone groups is 1. The fourth-order valence-corrected chi connectivity index (χ4v) is 3.75. The number of aryl methyl sites for hydroxylation is 1. The van der Waals surface area contributed by atoms with Gasteiger partial charge >= 0.3 is 0 Å². The van der Waals surface area contributed by atoms with Crippen LogP contribution in [-0.2, 0) is 14.8 Å². The van der Waals surface area contributed by atoms with Crippen LogP contribution in [0.1, 0.15) is 42.5 Å². The first-order valence-corrected chi connectivity index (χ1v) is 10.7. The van der Waals surface area contributed by atoms with Gasteiger partial charge in [0.2, 0.25) is 15.9 Å². The molecule has 0 aromatic heterocycles. The molecule has 3 rings (SSSR count). The Hall–Kier alpha value is -2.67. The monoisotopic (exact) mass is 385 g/mol. The van der Waals surface area contributed by atoms with E-state index in [0.717, 1.165) is 28.7 Å². The molecule has 1 atom stereocenters. The fourth-order valence-electron chi connectivity index (χ4n) is 3.19. The lowest BCUT2D eigenvalue weighted by molar-refractivity contribution is -0.132. The molecule has 1 aliphatic rings. The predicted molar refractivity (Wildman–Crippen MR) is 107 cm³/mol. The Morgan fingerprint density at radius 3 is 2.63 bits per heavy atom. The van der Waals surface area contributed by atoms with Gasteiger partial charge in [-0.3, -0.25) is 9.52 Å². The topological polar surface area (TPSA) is 78.8 Å². The van der Waals surface area contributed by atoms with E-state index >= 15 is 0 Å². The first-order valence-electron chi connectivity index (χ1n) is 8.81. The molecule has 2 aromatic rings. The molecule has 2 aromatic carbocycles. The van der Waals surface area contributed by atoms with Gasteiger partial charge in [0.05, 0.1) is 18.0 Å². The van der Waals surface area contributed by atoms with Crippen LogP contribution >= 0.6 is 0 Å². The molecule has 0 aliphatic carbocycles. The summed E-state index contributed by atoms with van der Waals surface area (Å²) >= 11 is 0. The molecule has 0 fully saturated rings. The van der Waals surface area contributed by atoms with Gasteiger partial charge in [-0.1, -0.05) is 48.9 Å². The van der Waals surface area contributed by atoms with E-state index in [0.29, 0.717) is 18.5 Å². The molecule has 1 amide bonds. The lowest BCUT2D eigenvalue weighted by Crippen LogP contribution is -2.26. The van der Waals surface area contributed by atoms with Gasteiger partial charge in [0.1, 0.15) is 0 Å². The number of nitrogens with one attached hydrogen (secondary N) is 1. The van der Waals surface area contributed by atoms with Gasteiger partial charge in [0.15, 0.2) is 0 Å². The molecule has 0 spiro atoms. The summed E-state index contributed by atoms with van der Waals surface area (Å²) in [6, 6.07) is 15.0. The van der Waals surface area contributed by atoms with E-state index in [1.165, 1.54) is 0 Å². The highest BCUT2D eigenvalue weighted by Crippen LogP contribution is 2.34. The quantitative estimate of drug-likeness (QED) is 0.856. The van der Waals surface area contributed by atoms with Crippen molar-refractivity contribution in [2.75, 3.05) is 11.0 Å². The van der Waals surface area contributed by atoms with E-state index in [-0.39, 0.29) is 11.9 Å². The molecule has 1 heterocycles. The van der Waals surface area contributed by atoms with Crippen molar-refractivity contribution in [1.82, 2.24) is 5.01 Å². The second-order valence-corrected chi connectivity index (χ2v) is 8.48. The Bertz CT molecular complexity index is 999. The molecule has 0 radical (unpaired) electrons. The maximum absolute atomic E-state index is 12.4. The number of hydrogen-bond acceptors (Lipinski definition) is 4. The van der Waals surface area contributed by atoms with Gasteiger partial charge < -0.3 is 0 Å². The number of sulfonamides is 1. The number of hydrogen-bond donors (Lipinski definition) is 1. The minimum absolute atomic E-state index is 0.0399. The number of benzene rings is 2. The SMILES string of the molecule is CCC(=O)N1N=C(c2cccc(NS(C)(=O)=O)c2)CC1c1cccc(C)c1. The molecule has 7 heteroatoms. The summed E-state index contributed by atoms with van der Waals surface area (Å²) < 4.78 is 25.5. The standard InChI is InChI=1S/C20H23N3O3S/c1-4-20(24)23-19(16-9-5-7-14(2)11-16)13-18(21-23)15-8-6-10-17(12-15)22-27(3,25)26/h5-12,19,22H,4,13H2,1-3H3. The van der Waals surface area contributed by atoms with E-state index in [9.17, 15) is 13.2 Å². The van der Waals surface area contributed by atoms with E-state index in [2.05, 4.69) is 15.9 Å². The van der Waals surface area contributed by atoms with Crippen molar-refractivity contribution in [2.24, 2.45) is 5.10 Å². The second kappa shape index (κ2) is 7.52. The van der Waals surface area contributed by atoms with Crippen LogP contribution in [0, 0.1) is 6.92 Å². The maximum atomic E-state index is 12.4. The summed E-state index contributed by atoms with van der Waals surface area (Å²) in [6.07, 6.45) is 2.06. The fraction of sp³-hybridized carbons (Fsp3) is 0.300. The third-order valence-electron chi connectivity index (χ3n) is 4.39. The number of amides is 1. The van der Waals surface area contributed by atoms with Gasteiger partial charge in [-0.15, -0.1) is 0 Å². The predicted octanol–water partition coefficient (Wildman–Crippen LogP) is 3.45. The van der Waals surface area contributed by atoms with Crippen molar-refractivity contribution in [3.05, 3.63) is 65.2 Å². The van der Waals surface area contributed by atoms with E-state index in [1.807, 2.05) is 38.1 Å². The summed E-state index contributed by atoms with van der Waals surface area (Å²) in [4.78, 5) is 12.4. The average molecular weight is 385 g/mol. The molecule has 0 saturated carbocycles. The van der Waals surface area contributed by atoms with Gasteiger partial charge in [-0.25, -0.2) is 13.4 Å². The van der Waals surface area contributed by atoms with Gasteiger partial charge in [0, 0.05) is 18.5 Å². The van der Waals surface area contributed by atoms with Gasteiger partial charge in [-0.2, -0.15) is 5.10 Å². The van der Waals surface area contributed by atoms with Crippen LogP contribution in [0.25, 0.3) is 0 Å². The van der Waals surface area contributed by atoms with Crippen molar-refractivity contribution in [3.63, 3.8) is 0 Å². The van der Waals surface area contributed by atoms with E-state index < -0.39 is 10.0 Å². The highest BCUT2D eigenvalue weighted by atomic mass is 32.2. The first-order chi connectivity index (χ1) is 12.8. The lowest BCUT2D eigenvalue weighted by atomic mass is 9.97. The zero-order valence-corrected chi connectivity index (χ0v) is 16.5. The number of nitrogens with zero attached hydrogens (tertiary/aromatic N) is 2. The van der Waals surface area contributed by atoms with Crippen LogP contribution in [0.15, 0.2) is 53.6 Å². The van der Waals surface area contributed by atoms with E-state index in [4.69, 9.17) is 0 Å². The zero-order chi connectivity index (χ0) is 19.6. The molecular weight excluding hydrogens is 362 g/mol. The van der Waals surface area contributed by atoms with Crippen LogP contribution in [-0.4, -0.2) is 31.3 Å². The smallest absolute Gasteiger partial charge is 0.242 e. The van der Waals surface area contributed by atoms with Crippen molar-refractivity contribution < 1.29 is 13.2 Å². The molecule has 0 saturated heterocycles. The van der Waals surface area contributed by atoms with Crippen LogP contribution in [0.3, 0.4) is 0 Å². The number of rotatable bonds is 5. The zero-order valence-electron chi connectivity index (χ0n) is 15.6. The van der Waals surface area contributed by atoms with Crippen LogP contribution < -0.4 is 4.72 Å². The molecule has 1 N–H and O–H groups in total. The molecule has 0 bridgehead atoms. The lowest BCUT2D eigenvalue weighted by Gasteiger charge is -2.21. The third kappa shape index (κ3) is 4.54.